The summed E-state index contributed by atoms with van der Waals surface area (Å²) in [5.41, 5.74) is 2.09. The van der Waals surface area contributed by atoms with Gasteiger partial charge < -0.3 is 16.0 Å². The van der Waals surface area contributed by atoms with E-state index in [1.54, 1.807) is 12.1 Å². The Labute approximate surface area is 166 Å². The zero-order valence-electron chi connectivity index (χ0n) is 16.4. The number of para-hydroxylation sites is 1. The highest BCUT2D eigenvalue weighted by Gasteiger charge is 2.18. The molecule has 0 aliphatic carbocycles. The first kappa shape index (κ1) is 20.1. The maximum atomic E-state index is 12.8. The largest absolute Gasteiger partial charge is 0.345 e. The van der Waals surface area contributed by atoms with Crippen molar-refractivity contribution in [3.05, 3.63) is 65.7 Å². The number of benzene rings is 2. The molecule has 1 aliphatic heterocycles. The van der Waals surface area contributed by atoms with Gasteiger partial charge in [-0.1, -0.05) is 42.5 Å². The smallest absolute Gasteiger partial charge is 0.253 e. The average Bonchev–Trinajstić information content (AvgIpc) is 2.74. The van der Waals surface area contributed by atoms with E-state index in [0.29, 0.717) is 23.6 Å². The van der Waals surface area contributed by atoms with Crippen molar-refractivity contribution in [2.45, 2.75) is 38.6 Å². The second kappa shape index (κ2) is 10.0. The monoisotopic (exact) mass is 379 g/mol. The standard InChI is InChI=1S/C23H29N3O2/c1-17(19-7-3-2-4-8-19)25-23(28)20-9-5-6-10-21(20)26-22(27)12-11-18-13-15-24-16-14-18/h2-10,17-18,24H,11-16H2,1H3,(H,25,28)(H,26,27). The second-order valence-electron chi connectivity index (χ2n) is 7.43. The lowest BCUT2D eigenvalue weighted by Gasteiger charge is -2.22. The van der Waals surface area contributed by atoms with E-state index in [1.165, 1.54) is 0 Å². The summed E-state index contributed by atoms with van der Waals surface area (Å²) < 4.78 is 0. The third kappa shape index (κ3) is 5.67. The molecular weight excluding hydrogens is 350 g/mol. The fourth-order valence-electron chi connectivity index (χ4n) is 3.61. The molecule has 2 aromatic carbocycles. The first-order valence-electron chi connectivity index (χ1n) is 10.1. The predicted octanol–water partition coefficient (Wildman–Crippen LogP) is 3.90. The van der Waals surface area contributed by atoms with Gasteiger partial charge in [-0.3, -0.25) is 9.59 Å². The van der Waals surface area contributed by atoms with Crippen LogP contribution in [-0.2, 0) is 4.79 Å². The zero-order chi connectivity index (χ0) is 19.8. The van der Waals surface area contributed by atoms with E-state index in [4.69, 9.17) is 0 Å². The number of carbonyl (C=O) groups is 2. The van der Waals surface area contributed by atoms with Crippen LogP contribution in [-0.4, -0.2) is 24.9 Å². The number of nitrogens with one attached hydrogen (secondary N) is 3. The summed E-state index contributed by atoms with van der Waals surface area (Å²) in [6.45, 7) is 4.03. The Morgan fingerprint density at radius 1 is 1.04 bits per heavy atom. The van der Waals surface area contributed by atoms with Crippen LogP contribution in [0.5, 0.6) is 0 Å². The quantitative estimate of drug-likeness (QED) is 0.683. The molecule has 28 heavy (non-hydrogen) atoms. The molecule has 0 saturated carbocycles. The molecule has 148 valence electrons. The van der Waals surface area contributed by atoms with Crippen molar-refractivity contribution in [1.82, 2.24) is 10.6 Å². The maximum absolute atomic E-state index is 12.8. The average molecular weight is 380 g/mol. The van der Waals surface area contributed by atoms with Crippen LogP contribution in [0.15, 0.2) is 54.6 Å². The highest BCUT2D eigenvalue weighted by atomic mass is 16.2. The summed E-state index contributed by atoms with van der Waals surface area (Å²) in [6, 6.07) is 16.9. The number of amides is 2. The van der Waals surface area contributed by atoms with Gasteiger partial charge in [0.2, 0.25) is 5.91 Å². The number of piperidine rings is 1. The van der Waals surface area contributed by atoms with Crippen LogP contribution in [0.3, 0.4) is 0 Å². The topological polar surface area (TPSA) is 70.2 Å². The van der Waals surface area contributed by atoms with Crippen LogP contribution >= 0.6 is 0 Å². The molecule has 1 unspecified atom stereocenters. The normalized spacial score (nSPS) is 15.6. The molecule has 1 saturated heterocycles. The molecule has 5 nitrogen and oxygen atoms in total. The van der Waals surface area contributed by atoms with Gasteiger partial charge in [0.05, 0.1) is 17.3 Å². The Bertz CT molecular complexity index is 785. The minimum Gasteiger partial charge on any atom is -0.345 e. The van der Waals surface area contributed by atoms with Crippen molar-refractivity contribution in [3.63, 3.8) is 0 Å². The molecule has 0 spiro atoms. The Morgan fingerprint density at radius 2 is 1.71 bits per heavy atom. The summed E-state index contributed by atoms with van der Waals surface area (Å²) in [5, 5.41) is 9.29. The Balaban J connectivity index is 1.58. The number of hydrogen-bond donors (Lipinski definition) is 3. The van der Waals surface area contributed by atoms with Crippen LogP contribution in [0, 0.1) is 5.92 Å². The number of hydrogen-bond acceptors (Lipinski definition) is 3. The fourth-order valence-corrected chi connectivity index (χ4v) is 3.61. The molecular formula is C23H29N3O2. The van der Waals surface area contributed by atoms with Gasteiger partial charge in [-0.15, -0.1) is 0 Å². The molecule has 1 atom stereocenters. The number of carbonyl (C=O) groups excluding carboxylic acids is 2. The minimum absolute atomic E-state index is 0.0325. The SMILES string of the molecule is CC(NC(=O)c1ccccc1NC(=O)CCC1CCNCC1)c1ccccc1. The van der Waals surface area contributed by atoms with E-state index in [2.05, 4.69) is 16.0 Å². The van der Waals surface area contributed by atoms with Gasteiger partial charge in [-0.05, 0) is 62.9 Å². The molecule has 0 bridgehead atoms. The highest BCUT2D eigenvalue weighted by Crippen LogP contribution is 2.21. The van der Waals surface area contributed by atoms with Gasteiger partial charge in [0.1, 0.15) is 0 Å². The van der Waals surface area contributed by atoms with Crippen molar-refractivity contribution >= 4 is 17.5 Å². The van der Waals surface area contributed by atoms with E-state index in [-0.39, 0.29) is 17.9 Å². The fraction of sp³-hybridized carbons (Fsp3) is 0.391. The third-order valence-electron chi connectivity index (χ3n) is 5.33. The molecule has 2 amide bonds. The molecule has 1 aliphatic rings. The first-order valence-corrected chi connectivity index (χ1v) is 10.1. The van der Waals surface area contributed by atoms with Crippen molar-refractivity contribution in [2.24, 2.45) is 5.92 Å². The van der Waals surface area contributed by atoms with Crippen LogP contribution in [0.1, 0.15) is 54.6 Å². The highest BCUT2D eigenvalue weighted by molar-refractivity contribution is 6.03. The second-order valence-corrected chi connectivity index (χ2v) is 7.43. The van der Waals surface area contributed by atoms with E-state index in [1.807, 2.05) is 49.4 Å². The predicted molar refractivity (Wildman–Crippen MR) is 112 cm³/mol. The molecule has 2 aromatic rings. The van der Waals surface area contributed by atoms with Gasteiger partial charge >= 0.3 is 0 Å². The Kier molecular flexibility index (Phi) is 7.20. The molecule has 1 fully saturated rings. The van der Waals surface area contributed by atoms with Crippen molar-refractivity contribution < 1.29 is 9.59 Å². The van der Waals surface area contributed by atoms with Crippen molar-refractivity contribution in [2.75, 3.05) is 18.4 Å². The van der Waals surface area contributed by atoms with E-state index < -0.39 is 0 Å². The summed E-state index contributed by atoms with van der Waals surface area (Å²) in [5.74, 6) is 0.387. The number of anilines is 1. The van der Waals surface area contributed by atoms with Crippen LogP contribution in [0.25, 0.3) is 0 Å². The third-order valence-corrected chi connectivity index (χ3v) is 5.33. The molecule has 3 N–H and O–H groups in total. The lowest BCUT2D eigenvalue weighted by molar-refractivity contribution is -0.116. The molecule has 1 heterocycles. The molecule has 0 aromatic heterocycles. The number of rotatable bonds is 7. The van der Waals surface area contributed by atoms with E-state index in [0.717, 1.165) is 37.9 Å². The Morgan fingerprint density at radius 3 is 2.46 bits per heavy atom. The minimum atomic E-state index is -0.189. The van der Waals surface area contributed by atoms with E-state index >= 15 is 0 Å². The van der Waals surface area contributed by atoms with E-state index in [9.17, 15) is 9.59 Å². The lowest BCUT2D eigenvalue weighted by Crippen LogP contribution is -2.29. The van der Waals surface area contributed by atoms with Crippen LogP contribution in [0.4, 0.5) is 5.69 Å². The summed E-state index contributed by atoms with van der Waals surface area (Å²) in [6.07, 6.45) is 3.64. The summed E-state index contributed by atoms with van der Waals surface area (Å²) in [7, 11) is 0. The first-order chi connectivity index (χ1) is 13.6. The van der Waals surface area contributed by atoms with Crippen molar-refractivity contribution in [3.8, 4) is 0 Å². The van der Waals surface area contributed by atoms with Gasteiger partial charge in [-0.2, -0.15) is 0 Å². The molecule has 3 rings (SSSR count). The van der Waals surface area contributed by atoms with Gasteiger partial charge in [0, 0.05) is 6.42 Å². The van der Waals surface area contributed by atoms with Gasteiger partial charge in [0.15, 0.2) is 0 Å². The van der Waals surface area contributed by atoms with Gasteiger partial charge in [0.25, 0.3) is 5.91 Å². The Hall–Kier alpha value is -2.66. The maximum Gasteiger partial charge on any atom is 0.253 e. The molecule has 5 heteroatoms. The van der Waals surface area contributed by atoms with Crippen LogP contribution < -0.4 is 16.0 Å². The summed E-state index contributed by atoms with van der Waals surface area (Å²) in [4.78, 5) is 25.2. The lowest BCUT2D eigenvalue weighted by atomic mass is 9.93. The van der Waals surface area contributed by atoms with Crippen molar-refractivity contribution in [1.29, 1.82) is 0 Å². The van der Waals surface area contributed by atoms with Crippen LogP contribution in [0.2, 0.25) is 0 Å². The molecule has 0 radical (unpaired) electrons. The summed E-state index contributed by atoms with van der Waals surface area (Å²) >= 11 is 0. The zero-order valence-corrected chi connectivity index (χ0v) is 16.4. The van der Waals surface area contributed by atoms with Gasteiger partial charge in [-0.25, -0.2) is 0 Å².